The predicted octanol–water partition coefficient (Wildman–Crippen LogP) is 5.37. The molecule has 32 heavy (non-hydrogen) atoms. The largest absolute Gasteiger partial charge is 0.490 e. The fourth-order valence-corrected chi connectivity index (χ4v) is 3.51. The summed E-state index contributed by atoms with van der Waals surface area (Å²) in [6.45, 7) is 2.11. The number of amides is 1. The van der Waals surface area contributed by atoms with E-state index in [0.717, 1.165) is 9.13 Å². The lowest BCUT2D eigenvalue weighted by Gasteiger charge is -2.14. The van der Waals surface area contributed by atoms with Crippen LogP contribution in [0.25, 0.3) is 0 Å². The molecule has 0 aliphatic heterocycles. The number of non-ortho nitro benzene ring substituents is 1. The van der Waals surface area contributed by atoms with Gasteiger partial charge in [-0.2, -0.15) is 0 Å². The Bertz CT molecular complexity index is 1120. The predicted molar refractivity (Wildman–Crippen MR) is 131 cm³/mol. The van der Waals surface area contributed by atoms with Crippen LogP contribution in [0.4, 0.5) is 17.1 Å². The molecular weight excluding hydrogens is 525 g/mol. The fourth-order valence-electron chi connectivity index (χ4n) is 2.73. The van der Waals surface area contributed by atoms with Gasteiger partial charge in [-0.3, -0.25) is 19.9 Å². The number of ether oxygens (including phenoxy) is 2. The second kappa shape index (κ2) is 11.2. The van der Waals surface area contributed by atoms with Gasteiger partial charge in [-0.05, 0) is 71.5 Å². The zero-order chi connectivity index (χ0) is 22.9. The van der Waals surface area contributed by atoms with Gasteiger partial charge in [0.15, 0.2) is 18.1 Å². The minimum atomic E-state index is -0.455. The van der Waals surface area contributed by atoms with Gasteiger partial charge in [0.25, 0.3) is 11.6 Å². The lowest BCUT2D eigenvalue weighted by atomic mass is 10.2. The molecule has 0 saturated heterocycles. The van der Waals surface area contributed by atoms with E-state index >= 15 is 0 Å². The maximum atomic E-state index is 12.2. The third-order valence-corrected chi connectivity index (χ3v) is 4.96. The summed E-state index contributed by atoms with van der Waals surface area (Å²) >= 11 is 2.11. The van der Waals surface area contributed by atoms with E-state index in [4.69, 9.17) is 9.47 Å². The number of aliphatic imine (C=N–C) groups is 1. The van der Waals surface area contributed by atoms with E-state index in [1.165, 1.54) is 12.1 Å². The Balaban J connectivity index is 1.72. The number of nitro groups is 1. The molecule has 8 nitrogen and oxygen atoms in total. The Morgan fingerprint density at radius 3 is 2.50 bits per heavy atom. The first-order valence-corrected chi connectivity index (χ1v) is 10.8. The molecule has 3 rings (SSSR count). The summed E-state index contributed by atoms with van der Waals surface area (Å²) < 4.78 is 12.2. The van der Waals surface area contributed by atoms with Crippen molar-refractivity contribution in [3.8, 4) is 11.5 Å². The Morgan fingerprint density at radius 2 is 1.84 bits per heavy atom. The summed E-state index contributed by atoms with van der Waals surface area (Å²) in [5.41, 5.74) is 2.05. The van der Waals surface area contributed by atoms with Gasteiger partial charge in [0.05, 0.1) is 20.8 Å². The van der Waals surface area contributed by atoms with Gasteiger partial charge in [0, 0.05) is 24.0 Å². The van der Waals surface area contributed by atoms with Crippen molar-refractivity contribution in [3.05, 3.63) is 86.0 Å². The molecule has 0 radical (unpaired) electrons. The first-order chi connectivity index (χ1) is 15.5. The number of anilines is 1. The number of hydrogen-bond acceptors (Lipinski definition) is 6. The van der Waals surface area contributed by atoms with E-state index in [2.05, 4.69) is 32.9 Å². The molecule has 0 fully saturated rings. The van der Waals surface area contributed by atoms with Crippen LogP contribution in [0.1, 0.15) is 12.5 Å². The topological polar surface area (TPSA) is 103 Å². The molecular formula is C23H20IN3O5. The van der Waals surface area contributed by atoms with Gasteiger partial charge >= 0.3 is 0 Å². The van der Waals surface area contributed by atoms with Gasteiger partial charge in [0.2, 0.25) is 0 Å². The van der Waals surface area contributed by atoms with Crippen molar-refractivity contribution in [1.82, 2.24) is 0 Å². The van der Waals surface area contributed by atoms with Gasteiger partial charge in [0.1, 0.15) is 0 Å². The Labute approximate surface area is 198 Å². The minimum Gasteiger partial charge on any atom is -0.490 e. The van der Waals surface area contributed by atoms with Gasteiger partial charge in [-0.15, -0.1) is 0 Å². The third-order valence-electron chi connectivity index (χ3n) is 4.16. The molecule has 164 valence electrons. The summed E-state index contributed by atoms with van der Waals surface area (Å²) in [6.07, 6.45) is 1.64. The quantitative estimate of drug-likeness (QED) is 0.169. The number of nitro benzene ring substituents is 1. The fraction of sp³-hybridized carbons (Fsp3) is 0.130. The molecule has 1 amide bonds. The van der Waals surface area contributed by atoms with Crippen LogP contribution < -0.4 is 14.8 Å². The van der Waals surface area contributed by atoms with E-state index in [1.807, 2.05) is 31.2 Å². The molecule has 0 atom stereocenters. The summed E-state index contributed by atoms with van der Waals surface area (Å²) in [5.74, 6) is 0.693. The average Bonchev–Trinajstić information content (AvgIpc) is 2.78. The molecule has 0 heterocycles. The van der Waals surface area contributed by atoms with Gasteiger partial charge in [-0.1, -0.05) is 18.2 Å². The van der Waals surface area contributed by atoms with Crippen LogP contribution in [0.2, 0.25) is 0 Å². The highest BCUT2D eigenvalue weighted by molar-refractivity contribution is 14.1. The van der Waals surface area contributed by atoms with E-state index < -0.39 is 4.92 Å². The molecule has 3 aromatic rings. The Kier molecular flexibility index (Phi) is 8.14. The van der Waals surface area contributed by atoms with Crippen LogP contribution in [-0.2, 0) is 4.79 Å². The maximum absolute atomic E-state index is 12.2. The number of nitrogens with one attached hydrogen (secondary N) is 1. The Hall–Kier alpha value is -3.47. The van der Waals surface area contributed by atoms with Crippen LogP contribution in [0.15, 0.2) is 71.7 Å². The molecule has 9 heteroatoms. The second-order valence-electron chi connectivity index (χ2n) is 6.50. The van der Waals surface area contributed by atoms with Crippen molar-refractivity contribution in [2.45, 2.75) is 6.92 Å². The molecule has 0 aliphatic rings. The first kappa shape index (κ1) is 23.2. The van der Waals surface area contributed by atoms with Crippen molar-refractivity contribution in [2.75, 3.05) is 18.5 Å². The zero-order valence-electron chi connectivity index (χ0n) is 17.2. The molecule has 3 aromatic carbocycles. The molecule has 1 N–H and O–H groups in total. The highest BCUT2D eigenvalue weighted by Gasteiger charge is 2.14. The van der Waals surface area contributed by atoms with Gasteiger partial charge < -0.3 is 14.8 Å². The standard InChI is InChI=1S/C23H20IN3O5/c1-2-31-21-13-16(14-25-17-8-10-19(11-9-17)27(29)30)12-20(24)23(21)32-15-22(28)26-18-6-4-3-5-7-18/h3-14H,2,15H2,1H3,(H,26,28). The highest BCUT2D eigenvalue weighted by atomic mass is 127. The summed E-state index contributed by atoms with van der Waals surface area (Å²) in [4.78, 5) is 26.9. The Morgan fingerprint density at radius 1 is 1.12 bits per heavy atom. The molecule has 0 aromatic heterocycles. The van der Waals surface area contributed by atoms with Crippen LogP contribution in [-0.4, -0.2) is 30.3 Å². The normalized spacial score (nSPS) is 10.7. The monoisotopic (exact) mass is 545 g/mol. The highest BCUT2D eigenvalue weighted by Crippen LogP contribution is 2.34. The van der Waals surface area contributed by atoms with Crippen LogP contribution in [0.3, 0.4) is 0 Å². The first-order valence-electron chi connectivity index (χ1n) is 9.69. The molecule has 0 saturated carbocycles. The summed E-state index contributed by atoms with van der Waals surface area (Å²) in [6, 6.07) is 18.7. The van der Waals surface area contributed by atoms with E-state index in [1.54, 1.807) is 36.5 Å². The van der Waals surface area contributed by atoms with E-state index in [0.29, 0.717) is 29.5 Å². The van der Waals surface area contributed by atoms with Crippen molar-refractivity contribution in [2.24, 2.45) is 4.99 Å². The number of rotatable bonds is 9. The molecule has 0 unspecified atom stereocenters. The average molecular weight is 545 g/mol. The summed E-state index contributed by atoms with van der Waals surface area (Å²) in [5, 5.41) is 13.5. The SMILES string of the molecule is CCOc1cc(C=Nc2ccc([N+](=O)[O-])cc2)cc(I)c1OCC(=O)Nc1ccccc1. The molecule has 0 spiro atoms. The van der Waals surface area contributed by atoms with Crippen LogP contribution >= 0.6 is 22.6 Å². The number of carbonyl (C=O) groups is 1. The smallest absolute Gasteiger partial charge is 0.269 e. The number of carbonyl (C=O) groups excluding carboxylic acids is 1. The second-order valence-corrected chi connectivity index (χ2v) is 7.66. The van der Waals surface area contributed by atoms with Crippen molar-refractivity contribution in [3.63, 3.8) is 0 Å². The minimum absolute atomic E-state index is 0.00920. The number of para-hydroxylation sites is 1. The summed E-state index contributed by atoms with van der Waals surface area (Å²) in [7, 11) is 0. The lowest BCUT2D eigenvalue weighted by Crippen LogP contribution is -2.20. The van der Waals surface area contributed by atoms with Crippen LogP contribution in [0, 0.1) is 13.7 Å². The molecule has 0 aliphatic carbocycles. The van der Waals surface area contributed by atoms with Crippen LogP contribution in [0.5, 0.6) is 11.5 Å². The zero-order valence-corrected chi connectivity index (χ0v) is 19.3. The number of nitrogens with zero attached hydrogens (tertiary/aromatic N) is 2. The molecule has 0 bridgehead atoms. The van der Waals surface area contributed by atoms with Crippen molar-refractivity contribution in [1.29, 1.82) is 0 Å². The van der Waals surface area contributed by atoms with Crippen molar-refractivity contribution < 1.29 is 19.2 Å². The maximum Gasteiger partial charge on any atom is 0.269 e. The van der Waals surface area contributed by atoms with Gasteiger partial charge in [-0.25, -0.2) is 0 Å². The van der Waals surface area contributed by atoms with E-state index in [9.17, 15) is 14.9 Å². The number of halogens is 1. The number of hydrogen-bond donors (Lipinski definition) is 1. The number of benzene rings is 3. The lowest BCUT2D eigenvalue weighted by molar-refractivity contribution is -0.384. The van der Waals surface area contributed by atoms with E-state index in [-0.39, 0.29) is 18.2 Å². The third kappa shape index (κ3) is 6.51. The van der Waals surface area contributed by atoms with Crippen molar-refractivity contribution >= 4 is 51.8 Å².